The smallest absolute Gasteiger partial charge is 0.142 e. The van der Waals surface area contributed by atoms with Gasteiger partial charge in [0.1, 0.15) is 11.6 Å². The second-order valence-electron chi connectivity index (χ2n) is 2.41. The lowest BCUT2D eigenvalue weighted by molar-refractivity contribution is 0.579. The minimum Gasteiger partial charge on any atom is -0.207 e. The van der Waals surface area contributed by atoms with Gasteiger partial charge < -0.3 is 0 Å². The van der Waals surface area contributed by atoms with Crippen LogP contribution in [0.1, 0.15) is 17.9 Å². The molecule has 0 N–H and O–H groups in total. The summed E-state index contributed by atoms with van der Waals surface area (Å²) in [6.45, 7) is 1.59. The maximum absolute atomic E-state index is 13.1. The quantitative estimate of drug-likeness (QED) is 0.525. The molecule has 0 aliphatic heterocycles. The molecule has 0 fully saturated rings. The molecule has 0 saturated heterocycles. The van der Waals surface area contributed by atoms with Crippen LogP contribution < -0.4 is 0 Å². The standard InChI is InChI=1S/C8H6BrClF2/c1-4(10)6-2-5(11)3-7(9)8(6)12/h2-4H,1H3. The molecule has 12 heavy (non-hydrogen) atoms. The molecule has 1 rings (SSSR count). The Bertz CT molecular complexity index is 299. The fourth-order valence-corrected chi connectivity index (χ4v) is 1.47. The van der Waals surface area contributed by atoms with Crippen molar-refractivity contribution in [3.05, 3.63) is 33.8 Å². The van der Waals surface area contributed by atoms with Gasteiger partial charge in [0.2, 0.25) is 0 Å². The molecular weight excluding hydrogens is 249 g/mol. The predicted molar refractivity (Wildman–Crippen MR) is 48.3 cm³/mol. The highest BCUT2D eigenvalue weighted by Crippen LogP contribution is 2.28. The molecule has 0 heterocycles. The molecule has 0 spiro atoms. The van der Waals surface area contributed by atoms with E-state index in [-0.39, 0.29) is 10.0 Å². The van der Waals surface area contributed by atoms with Gasteiger partial charge in [0.05, 0.1) is 9.85 Å². The fraction of sp³-hybridized carbons (Fsp3) is 0.250. The van der Waals surface area contributed by atoms with E-state index in [1.807, 2.05) is 0 Å². The zero-order chi connectivity index (χ0) is 9.30. The third-order valence-electron chi connectivity index (χ3n) is 1.45. The molecule has 1 unspecified atom stereocenters. The van der Waals surface area contributed by atoms with Crippen LogP contribution in [0.4, 0.5) is 8.78 Å². The summed E-state index contributed by atoms with van der Waals surface area (Å²) in [5, 5.41) is -0.531. The fourth-order valence-electron chi connectivity index (χ4n) is 0.865. The highest BCUT2D eigenvalue weighted by Gasteiger charge is 2.12. The van der Waals surface area contributed by atoms with Gasteiger partial charge in [-0.3, -0.25) is 0 Å². The zero-order valence-corrected chi connectivity index (χ0v) is 8.59. The Morgan fingerprint density at radius 1 is 1.42 bits per heavy atom. The molecule has 1 aromatic rings. The van der Waals surface area contributed by atoms with Crippen LogP contribution in [0, 0.1) is 11.6 Å². The van der Waals surface area contributed by atoms with Crippen molar-refractivity contribution in [2.75, 3.05) is 0 Å². The number of rotatable bonds is 1. The minimum atomic E-state index is -0.531. The van der Waals surface area contributed by atoms with Crippen LogP contribution in [0.3, 0.4) is 0 Å². The van der Waals surface area contributed by atoms with Crippen molar-refractivity contribution in [1.29, 1.82) is 0 Å². The Morgan fingerprint density at radius 3 is 2.50 bits per heavy atom. The predicted octanol–water partition coefficient (Wildman–Crippen LogP) is 4.03. The first-order valence-corrected chi connectivity index (χ1v) is 4.54. The maximum atomic E-state index is 13.1. The summed E-state index contributed by atoms with van der Waals surface area (Å²) in [6.07, 6.45) is 0. The van der Waals surface area contributed by atoms with Crippen LogP contribution in [0.15, 0.2) is 16.6 Å². The first-order chi connectivity index (χ1) is 5.52. The third kappa shape index (κ3) is 1.96. The lowest BCUT2D eigenvalue weighted by atomic mass is 10.1. The van der Waals surface area contributed by atoms with E-state index < -0.39 is 17.0 Å². The average molecular weight is 255 g/mol. The van der Waals surface area contributed by atoms with Crippen LogP contribution in [0.2, 0.25) is 0 Å². The number of hydrogen-bond acceptors (Lipinski definition) is 0. The lowest BCUT2D eigenvalue weighted by Gasteiger charge is -2.06. The van der Waals surface area contributed by atoms with Gasteiger partial charge in [-0.25, -0.2) is 8.78 Å². The Morgan fingerprint density at radius 2 is 2.00 bits per heavy atom. The Kier molecular flexibility index (Phi) is 3.07. The molecule has 0 aromatic heterocycles. The van der Waals surface area contributed by atoms with Gasteiger partial charge in [-0.15, -0.1) is 11.6 Å². The van der Waals surface area contributed by atoms with E-state index in [9.17, 15) is 8.78 Å². The second kappa shape index (κ2) is 3.71. The van der Waals surface area contributed by atoms with Crippen molar-refractivity contribution in [3.63, 3.8) is 0 Å². The molecule has 0 bridgehead atoms. The normalized spacial score (nSPS) is 13.1. The molecule has 1 aromatic carbocycles. The van der Waals surface area contributed by atoms with Crippen molar-refractivity contribution >= 4 is 27.5 Å². The van der Waals surface area contributed by atoms with E-state index in [1.165, 1.54) is 0 Å². The summed E-state index contributed by atoms with van der Waals surface area (Å²) in [4.78, 5) is 0. The van der Waals surface area contributed by atoms with Gasteiger partial charge in [-0.2, -0.15) is 0 Å². The van der Waals surface area contributed by atoms with E-state index in [4.69, 9.17) is 11.6 Å². The second-order valence-corrected chi connectivity index (χ2v) is 3.92. The first-order valence-electron chi connectivity index (χ1n) is 3.31. The van der Waals surface area contributed by atoms with Crippen molar-refractivity contribution in [2.24, 2.45) is 0 Å². The molecular formula is C8H6BrClF2. The topological polar surface area (TPSA) is 0 Å². The van der Waals surface area contributed by atoms with Crippen LogP contribution in [-0.4, -0.2) is 0 Å². The summed E-state index contributed by atoms with van der Waals surface area (Å²) in [7, 11) is 0. The zero-order valence-electron chi connectivity index (χ0n) is 6.24. The monoisotopic (exact) mass is 254 g/mol. The van der Waals surface area contributed by atoms with Gasteiger partial charge in [0.25, 0.3) is 0 Å². The van der Waals surface area contributed by atoms with E-state index in [0.717, 1.165) is 12.1 Å². The summed E-state index contributed by atoms with van der Waals surface area (Å²) in [5.74, 6) is -0.996. The molecule has 0 aliphatic carbocycles. The van der Waals surface area contributed by atoms with Crippen LogP contribution >= 0.6 is 27.5 Å². The molecule has 0 saturated carbocycles. The highest BCUT2D eigenvalue weighted by atomic mass is 79.9. The van der Waals surface area contributed by atoms with E-state index in [2.05, 4.69) is 15.9 Å². The molecule has 66 valence electrons. The highest BCUT2D eigenvalue weighted by molar-refractivity contribution is 9.10. The SMILES string of the molecule is CC(Cl)c1cc(F)cc(Br)c1F. The van der Waals surface area contributed by atoms with Gasteiger partial charge in [-0.1, -0.05) is 0 Å². The summed E-state index contributed by atoms with van der Waals surface area (Å²) < 4.78 is 25.9. The number of hydrogen-bond donors (Lipinski definition) is 0. The van der Waals surface area contributed by atoms with E-state index in [1.54, 1.807) is 6.92 Å². The molecule has 1 atom stereocenters. The van der Waals surface area contributed by atoms with Gasteiger partial charge >= 0.3 is 0 Å². The van der Waals surface area contributed by atoms with Crippen LogP contribution in [0.25, 0.3) is 0 Å². The summed E-state index contributed by atoms with van der Waals surface area (Å²) in [5.41, 5.74) is 0.170. The van der Waals surface area contributed by atoms with E-state index >= 15 is 0 Å². The average Bonchev–Trinajstić information content (AvgIpc) is 1.96. The molecule has 4 heteroatoms. The molecule has 0 aliphatic rings. The Hall–Kier alpha value is -0.150. The Labute approximate surface area is 82.7 Å². The van der Waals surface area contributed by atoms with Gasteiger partial charge in [-0.05, 0) is 35.0 Å². The minimum absolute atomic E-state index is 0.102. The summed E-state index contributed by atoms with van der Waals surface area (Å²) >= 11 is 8.52. The number of alkyl halides is 1. The Balaban J connectivity index is 3.28. The summed E-state index contributed by atoms with van der Waals surface area (Å²) in [6, 6.07) is 2.16. The van der Waals surface area contributed by atoms with Gasteiger partial charge in [0, 0.05) is 5.56 Å². The van der Waals surface area contributed by atoms with Crippen molar-refractivity contribution in [3.8, 4) is 0 Å². The molecule has 0 amide bonds. The molecule has 0 nitrogen and oxygen atoms in total. The first kappa shape index (κ1) is 9.93. The maximum Gasteiger partial charge on any atom is 0.142 e. The number of halogens is 4. The number of benzene rings is 1. The van der Waals surface area contributed by atoms with Gasteiger partial charge in [0.15, 0.2) is 0 Å². The lowest BCUT2D eigenvalue weighted by Crippen LogP contribution is -1.93. The van der Waals surface area contributed by atoms with Crippen LogP contribution in [-0.2, 0) is 0 Å². The van der Waals surface area contributed by atoms with Crippen molar-refractivity contribution in [2.45, 2.75) is 12.3 Å². The third-order valence-corrected chi connectivity index (χ3v) is 2.26. The van der Waals surface area contributed by atoms with E-state index in [0.29, 0.717) is 0 Å². The largest absolute Gasteiger partial charge is 0.207 e. The van der Waals surface area contributed by atoms with Crippen molar-refractivity contribution in [1.82, 2.24) is 0 Å². The van der Waals surface area contributed by atoms with Crippen molar-refractivity contribution < 1.29 is 8.78 Å². The van der Waals surface area contributed by atoms with Crippen LogP contribution in [0.5, 0.6) is 0 Å². The molecule has 0 radical (unpaired) electrons.